The minimum Gasteiger partial charge on any atom is -0.506 e. The molecule has 1 saturated heterocycles. The molecule has 2 atom stereocenters. The highest BCUT2D eigenvalue weighted by molar-refractivity contribution is 6.32. The Morgan fingerprint density at radius 1 is 1.45 bits per heavy atom. The summed E-state index contributed by atoms with van der Waals surface area (Å²) in [5, 5.41) is 9.36. The average molecular weight is 309 g/mol. The molecule has 2 rings (SSSR count). The largest absolute Gasteiger partial charge is 0.506 e. The normalized spacial score (nSPS) is 24.3. The lowest BCUT2D eigenvalue weighted by molar-refractivity contribution is -0.138. The van der Waals surface area contributed by atoms with Crippen molar-refractivity contribution in [1.82, 2.24) is 4.90 Å². The summed E-state index contributed by atoms with van der Waals surface area (Å²) < 4.78 is 39.4. The summed E-state index contributed by atoms with van der Waals surface area (Å²) in [4.78, 5) is 1.84. The Bertz CT molecular complexity index is 507. The molecule has 0 aromatic heterocycles. The lowest BCUT2D eigenvalue weighted by Gasteiger charge is -2.24. The fourth-order valence-electron chi connectivity index (χ4n) is 2.74. The predicted molar refractivity (Wildman–Crippen MR) is 70.7 cm³/mol. The van der Waals surface area contributed by atoms with E-state index >= 15 is 0 Å². The highest BCUT2D eigenvalue weighted by Crippen LogP contribution is 2.44. The van der Waals surface area contributed by atoms with Gasteiger partial charge in [0.15, 0.2) is 0 Å². The monoisotopic (exact) mass is 308 g/mol. The SMILES string of the molecule is CN1CC(CN)CC1c1cc(Cl)c(O)cc1C(F)(F)F. The summed E-state index contributed by atoms with van der Waals surface area (Å²) in [5.74, 6) is -0.391. The van der Waals surface area contributed by atoms with Gasteiger partial charge in [0.05, 0.1) is 10.6 Å². The first kappa shape index (κ1) is 15.4. The number of likely N-dealkylation sites (tertiary alicyclic amines) is 1. The highest BCUT2D eigenvalue weighted by atomic mass is 35.5. The zero-order chi connectivity index (χ0) is 15.1. The molecule has 7 heteroatoms. The van der Waals surface area contributed by atoms with Gasteiger partial charge in [-0.05, 0) is 43.6 Å². The van der Waals surface area contributed by atoms with Gasteiger partial charge in [-0.15, -0.1) is 0 Å². The van der Waals surface area contributed by atoms with Crippen LogP contribution >= 0.6 is 11.6 Å². The first-order valence-electron chi connectivity index (χ1n) is 6.24. The maximum Gasteiger partial charge on any atom is 0.416 e. The molecule has 3 N–H and O–H groups in total. The summed E-state index contributed by atoms with van der Waals surface area (Å²) in [6.07, 6.45) is -3.98. The third-order valence-corrected chi connectivity index (χ3v) is 4.05. The second-order valence-electron chi connectivity index (χ2n) is 5.18. The average Bonchev–Trinajstić information content (AvgIpc) is 2.72. The van der Waals surface area contributed by atoms with Gasteiger partial charge in [0, 0.05) is 12.6 Å². The van der Waals surface area contributed by atoms with Crippen molar-refractivity contribution >= 4 is 11.6 Å². The van der Waals surface area contributed by atoms with Crippen LogP contribution in [0.3, 0.4) is 0 Å². The number of hydrogen-bond donors (Lipinski definition) is 2. The first-order chi connectivity index (χ1) is 9.24. The fourth-order valence-corrected chi connectivity index (χ4v) is 2.91. The number of alkyl halides is 3. The third-order valence-electron chi connectivity index (χ3n) is 3.75. The maximum atomic E-state index is 13.1. The van der Waals surface area contributed by atoms with E-state index in [0.29, 0.717) is 25.6 Å². The Hall–Kier alpha value is -0.980. The van der Waals surface area contributed by atoms with Gasteiger partial charge in [-0.3, -0.25) is 4.90 Å². The van der Waals surface area contributed by atoms with Gasteiger partial charge >= 0.3 is 6.18 Å². The van der Waals surface area contributed by atoms with Gasteiger partial charge < -0.3 is 10.8 Å². The topological polar surface area (TPSA) is 49.5 Å². The van der Waals surface area contributed by atoms with Crippen LogP contribution in [0.1, 0.15) is 23.6 Å². The van der Waals surface area contributed by atoms with Crippen LogP contribution in [-0.2, 0) is 6.18 Å². The van der Waals surface area contributed by atoms with Crippen molar-refractivity contribution < 1.29 is 18.3 Å². The highest BCUT2D eigenvalue weighted by Gasteiger charge is 2.39. The van der Waals surface area contributed by atoms with E-state index in [-0.39, 0.29) is 16.5 Å². The van der Waals surface area contributed by atoms with E-state index in [1.165, 1.54) is 6.07 Å². The zero-order valence-corrected chi connectivity index (χ0v) is 11.7. The van der Waals surface area contributed by atoms with Crippen LogP contribution in [0.25, 0.3) is 0 Å². The van der Waals surface area contributed by atoms with Gasteiger partial charge in [0.1, 0.15) is 5.75 Å². The predicted octanol–water partition coefficient (Wildman–Crippen LogP) is 3.02. The maximum absolute atomic E-state index is 13.1. The van der Waals surface area contributed by atoms with Crippen LogP contribution in [0.5, 0.6) is 5.75 Å². The number of aromatic hydroxyl groups is 1. The van der Waals surface area contributed by atoms with Crippen LogP contribution in [-0.4, -0.2) is 30.1 Å². The second kappa shape index (κ2) is 5.42. The quantitative estimate of drug-likeness (QED) is 0.883. The van der Waals surface area contributed by atoms with Crippen molar-refractivity contribution in [1.29, 1.82) is 0 Å². The fraction of sp³-hybridized carbons (Fsp3) is 0.538. The number of rotatable bonds is 2. The van der Waals surface area contributed by atoms with Gasteiger partial charge in [-0.25, -0.2) is 0 Å². The van der Waals surface area contributed by atoms with Crippen molar-refractivity contribution in [2.75, 3.05) is 20.1 Å². The Morgan fingerprint density at radius 2 is 2.10 bits per heavy atom. The molecule has 0 spiro atoms. The minimum absolute atomic E-state index is 0.0717. The molecule has 0 saturated carbocycles. The van der Waals surface area contributed by atoms with Crippen molar-refractivity contribution in [3.05, 3.63) is 28.3 Å². The minimum atomic E-state index is -4.53. The Labute approximate surface area is 120 Å². The number of hydrogen-bond acceptors (Lipinski definition) is 3. The van der Waals surface area contributed by atoms with Gasteiger partial charge in [-0.2, -0.15) is 13.2 Å². The molecule has 0 radical (unpaired) electrons. The van der Waals surface area contributed by atoms with E-state index in [9.17, 15) is 18.3 Å². The van der Waals surface area contributed by atoms with E-state index in [1.54, 1.807) is 7.05 Å². The molecular weight excluding hydrogens is 293 g/mol. The molecule has 0 aliphatic carbocycles. The molecule has 1 aromatic carbocycles. The van der Waals surface area contributed by atoms with Crippen molar-refractivity contribution in [3.63, 3.8) is 0 Å². The van der Waals surface area contributed by atoms with E-state index in [4.69, 9.17) is 17.3 Å². The number of nitrogens with two attached hydrogens (primary N) is 1. The molecule has 20 heavy (non-hydrogen) atoms. The Morgan fingerprint density at radius 3 is 2.60 bits per heavy atom. The van der Waals surface area contributed by atoms with Gasteiger partial charge in [0.2, 0.25) is 0 Å². The van der Waals surface area contributed by atoms with Crippen molar-refractivity contribution in [2.45, 2.75) is 18.6 Å². The molecule has 1 fully saturated rings. The van der Waals surface area contributed by atoms with Crippen molar-refractivity contribution in [2.24, 2.45) is 11.7 Å². The zero-order valence-electron chi connectivity index (χ0n) is 10.9. The van der Waals surface area contributed by atoms with E-state index in [1.807, 2.05) is 4.90 Å². The lowest BCUT2D eigenvalue weighted by atomic mass is 9.95. The molecule has 0 bridgehead atoms. The summed E-state index contributed by atoms with van der Waals surface area (Å²) in [7, 11) is 1.77. The number of phenols is 1. The molecule has 3 nitrogen and oxygen atoms in total. The second-order valence-corrected chi connectivity index (χ2v) is 5.59. The lowest BCUT2D eigenvalue weighted by Crippen LogP contribution is -2.22. The molecule has 1 aliphatic rings. The summed E-state index contributed by atoms with van der Waals surface area (Å²) >= 11 is 5.77. The molecule has 1 aromatic rings. The third kappa shape index (κ3) is 2.87. The molecule has 112 valence electrons. The smallest absolute Gasteiger partial charge is 0.416 e. The molecule has 0 amide bonds. The molecular formula is C13H16ClF3N2O. The van der Waals surface area contributed by atoms with E-state index in [2.05, 4.69) is 0 Å². The molecule has 2 unspecified atom stereocenters. The number of halogens is 4. The summed E-state index contributed by atoms with van der Waals surface area (Å²) in [6.45, 7) is 1.09. The van der Waals surface area contributed by atoms with Crippen LogP contribution < -0.4 is 5.73 Å². The Kier molecular flexibility index (Phi) is 4.18. The van der Waals surface area contributed by atoms with Crippen molar-refractivity contribution in [3.8, 4) is 5.75 Å². The summed E-state index contributed by atoms with van der Waals surface area (Å²) in [5.41, 5.74) is 4.86. The van der Waals surface area contributed by atoms with Crippen LogP contribution in [0, 0.1) is 5.92 Å². The van der Waals surface area contributed by atoms with Gasteiger partial charge in [-0.1, -0.05) is 11.6 Å². The van der Waals surface area contributed by atoms with Crippen LogP contribution in [0.2, 0.25) is 5.02 Å². The number of phenolic OH excluding ortho intramolecular Hbond substituents is 1. The number of nitrogens with zero attached hydrogens (tertiary/aromatic N) is 1. The standard InChI is InChI=1S/C13H16ClF3N2O/c1-19-6-7(5-18)2-11(19)8-3-10(14)12(20)4-9(8)13(15,16)17/h3-4,7,11,20H,2,5-6,18H2,1H3. The van der Waals surface area contributed by atoms with E-state index in [0.717, 1.165) is 0 Å². The Balaban J connectivity index is 2.48. The summed E-state index contributed by atoms with van der Waals surface area (Å²) in [6, 6.07) is 1.51. The first-order valence-corrected chi connectivity index (χ1v) is 6.61. The molecule has 1 heterocycles. The van der Waals surface area contributed by atoms with Gasteiger partial charge in [0.25, 0.3) is 0 Å². The number of benzene rings is 1. The van der Waals surface area contributed by atoms with Crippen LogP contribution in [0.15, 0.2) is 12.1 Å². The molecule has 1 aliphatic heterocycles. The van der Waals surface area contributed by atoms with E-state index < -0.39 is 23.5 Å². The van der Waals surface area contributed by atoms with Crippen LogP contribution in [0.4, 0.5) is 13.2 Å².